The van der Waals surface area contributed by atoms with Crippen molar-refractivity contribution < 1.29 is 9.53 Å². The fourth-order valence-electron chi connectivity index (χ4n) is 2.59. The summed E-state index contributed by atoms with van der Waals surface area (Å²) >= 11 is 1.64. The molecule has 0 aromatic carbocycles. The Kier molecular flexibility index (Phi) is 4.40. The molecule has 1 aliphatic heterocycles. The van der Waals surface area contributed by atoms with E-state index in [9.17, 15) is 4.79 Å². The van der Waals surface area contributed by atoms with Crippen molar-refractivity contribution in [1.82, 2.24) is 9.88 Å². The number of hydrogen-bond acceptors (Lipinski definition) is 4. The number of morpholine rings is 1. The Morgan fingerprint density at radius 1 is 1.45 bits per heavy atom. The first-order valence-electron chi connectivity index (χ1n) is 7.27. The largest absolute Gasteiger partial charge is 0.370 e. The van der Waals surface area contributed by atoms with E-state index in [1.54, 1.807) is 16.2 Å². The second-order valence-electron chi connectivity index (χ2n) is 5.46. The Hall–Kier alpha value is -1.92. The first kappa shape index (κ1) is 15.0. The van der Waals surface area contributed by atoms with E-state index in [1.807, 2.05) is 37.4 Å². The fourth-order valence-corrected chi connectivity index (χ4v) is 3.29. The van der Waals surface area contributed by atoms with Crippen molar-refractivity contribution in [1.29, 1.82) is 0 Å². The van der Waals surface area contributed by atoms with Gasteiger partial charge in [0.15, 0.2) is 0 Å². The highest BCUT2D eigenvalue weighted by Gasteiger charge is 2.25. The van der Waals surface area contributed by atoms with Gasteiger partial charge in [-0.1, -0.05) is 0 Å². The molecule has 0 spiro atoms. The van der Waals surface area contributed by atoms with Crippen LogP contribution in [-0.2, 0) is 4.74 Å². The number of nitrogens with one attached hydrogen (secondary N) is 1. The first-order valence-corrected chi connectivity index (χ1v) is 8.21. The predicted octanol–water partition coefficient (Wildman–Crippen LogP) is 3.37. The maximum absolute atomic E-state index is 12.4. The number of nitrogens with zero attached hydrogens (tertiary/aromatic N) is 2. The molecule has 0 bridgehead atoms. The first-order chi connectivity index (χ1) is 10.6. The summed E-state index contributed by atoms with van der Waals surface area (Å²) in [6.45, 7) is 5.62. The highest BCUT2D eigenvalue weighted by molar-refractivity contribution is 7.07. The molecule has 0 radical (unpaired) electrons. The molecule has 1 N–H and O–H groups in total. The second-order valence-corrected chi connectivity index (χ2v) is 6.24. The molecular formula is C16H19N3O2S. The number of amides is 2. The molecule has 6 heteroatoms. The lowest BCUT2D eigenvalue weighted by Crippen LogP contribution is -2.44. The van der Waals surface area contributed by atoms with Gasteiger partial charge in [-0.15, -0.1) is 0 Å². The van der Waals surface area contributed by atoms with Crippen LogP contribution in [0, 0.1) is 13.8 Å². The number of urea groups is 1. The third-order valence-corrected chi connectivity index (χ3v) is 4.30. The van der Waals surface area contributed by atoms with Crippen LogP contribution in [0.1, 0.15) is 22.9 Å². The second kappa shape index (κ2) is 6.46. The number of anilines is 1. The Labute approximate surface area is 133 Å². The maximum Gasteiger partial charge on any atom is 0.323 e. The molecule has 3 rings (SSSR count). The van der Waals surface area contributed by atoms with E-state index < -0.39 is 0 Å². The molecule has 1 unspecified atom stereocenters. The Morgan fingerprint density at radius 3 is 3.05 bits per heavy atom. The van der Waals surface area contributed by atoms with Gasteiger partial charge in [0.2, 0.25) is 0 Å². The van der Waals surface area contributed by atoms with Gasteiger partial charge in [-0.3, -0.25) is 5.32 Å². The van der Waals surface area contributed by atoms with Crippen LogP contribution in [0.5, 0.6) is 0 Å². The molecule has 2 aromatic rings. The SMILES string of the molecule is Cc1cc(C)nc(NC(=O)N2CCOC(c3ccsc3)C2)c1. The molecule has 22 heavy (non-hydrogen) atoms. The predicted molar refractivity (Wildman–Crippen MR) is 87.3 cm³/mol. The topological polar surface area (TPSA) is 54.5 Å². The minimum Gasteiger partial charge on any atom is -0.370 e. The molecule has 1 atom stereocenters. The van der Waals surface area contributed by atoms with Crippen molar-refractivity contribution >= 4 is 23.2 Å². The molecule has 116 valence electrons. The van der Waals surface area contributed by atoms with Crippen LogP contribution >= 0.6 is 11.3 Å². The van der Waals surface area contributed by atoms with E-state index in [0.717, 1.165) is 16.8 Å². The van der Waals surface area contributed by atoms with Gasteiger partial charge in [0.25, 0.3) is 0 Å². The van der Waals surface area contributed by atoms with Crippen molar-refractivity contribution in [2.24, 2.45) is 0 Å². The number of hydrogen-bond donors (Lipinski definition) is 1. The fraction of sp³-hybridized carbons (Fsp3) is 0.375. The van der Waals surface area contributed by atoms with Gasteiger partial charge < -0.3 is 9.64 Å². The van der Waals surface area contributed by atoms with Gasteiger partial charge >= 0.3 is 6.03 Å². The molecule has 5 nitrogen and oxygen atoms in total. The van der Waals surface area contributed by atoms with E-state index in [0.29, 0.717) is 25.5 Å². The number of aryl methyl sites for hydroxylation is 2. The molecule has 3 heterocycles. The molecule has 2 amide bonds. The number of pyridine rings is 1. The van der Waals surface area contributed by atoms with Crippen molar-refractivity contribution in [2.75, 3.05) is 25.0 Å². The standard InChI is InChI=1S/C16H19N3O2S/c1-11-7-12(2)17-15(8-11)18-16(20)19-4-5-21-14(9-19)13-3-6-22-10-13/h3,6-8,10,14H,4-5,9H2,1-2H3,(H,17,18,20). The summed E-state index contributed by atoms with van der Waals surface area (Å²) in [7, 11) is 0. The maximum atomic E-state index is 12.4. The minimum absolute atomic E-state index is 0.0436. The van der Waals surface area contributed by atoms with E-state index >= 15 is 0 Å². The van der Waals surface area contributed by atoms with Crippen LogP contribution in [0.25, 0.3) is 0 Å². The summed E-state index contributed by atoms with van der Waals surface area (Å²) in [5.74, 6) is 0.598. The van der Waals surface area contributed by atoms with Gasteiger partial charge in [0, 0.05) is 12.2 Å². The van der Waals surface area contributed by atoms with Crippen LogP contribution < -0.4 is 5.32 Å². The van der Waals surface area contributed by atoms with Gasteiger partial charge in [0.05, 0.1) is 13.2 Å². The van der Waals surface area contributed by atoms with Crippen molar-refractivity contribution in [2.45, 2.75) is 20.0 Å². The van der Waals surface area contributed by atoms with Gasteiger partial charge in [-0.25, -0.2) is 9.78 Å². The Morgan fingerprint density at radius 2 is 2.32 bits per heavy atom. The minimum atomic E-state index is -0.124. The molecule has 1 saturated heterocycles. The van der Waals surface area contributed by atoms with Crippen LogP contribution in [-0.4, -0.2) is 35.6 Å². The molecule has 2 aromatic heterocycles. The van der Waals surface area contributed by atoms with Gasteiger partial charge in [-0.2, -0.15) is 11.3 Å². The normalized spacial score (nSPS) is 18.3. The Bertz CT molecular complexity index is 637. The molecule has 0 saturated carbocycles. The van der Waals surface area contributed by atoms with E-state index in [1.165, 1.54) is 0 Å². The third kappa shape index (κ3) is 3.45. The lowest BCUT2D eigenvalue weighted by atomic mass is 10.1. The monoisotopic (exact) mass is 317 g/mol. The summed E-state index contributed by atoms with van der Waals surface area (Å²) in [5, 5.41) is 6.97. The molecule has 0 aliphatic carbocycles. The zero-order chi connectivity index (χ0) is 15.5. The quantitative estimate of drug-likeness (QED) is 0.924. The number of ether oxygens (including phenoxy) is 1. The van der Waals surface area contributed by atoms with E-state index in [-0.39, 0.29) is 12.1 Å². The lowest BCUT2D eigenvalue weighted by Gasteiger charge is -2.32. The number of carbonyl (C=O) groups excluding carboxylic acids is 1. The van der Waals surface area contributed by atoms with Crippen molar-refractivity contribution in [3.63, 3.8) is 0 Å². The summed E-state index contributed by atoms with van der Waals surface area (Å²) < 4.78 is 5.76. The van der Waals surface area contributed by atoms with Crippen molar-refractivity contribution in [3.8, 4) is 0 Å². The summed E-state index contributed by atoms with van der Waals surface area (Å²) in [5.41, 5.74) is 3.11. The van der Waals surface area contributed by atoms with Crippen LogP contribution in [0.2, 0.25) is 0 Å². The number of rotatable bonds is 2. The van der Waals surface area contributed by atoms with Crippen molar-refractivity contribution in [3.05, 3.63) is 45.8 Å². The van der Waals surface area contributed by atoms with Crippen LogP contribution in [0.4, 0.5) is 10.6 Å². The molecule has 1 fully saturated rings. The average Bonchev–Trinajstić information content (AvgIpc) is 3.00. The summed E-state index contributed by atoms with van der Waals surface area (Å²) in [6, 6.07) is 5.78. The summed E-state index contributed by atoms with van der Waals surface area (Å²) in [6.07, 6.45) is -0.0436. The smallest absolute Gasteiger partial charge is 0.323 e. The Balaban J connectivity index is 1.66. The number of aromatic nitrogens is 1. The van der Waals surface area contributed by atoms with Gasteiger partial charge in [-0.05, 0) is 53.9 Å². The third-order valence-electron chi connectivity index (χ3n) is 3.60. The van der Waals surface area contributed by atoms with Crippen LogP contribution in [0.3, 0.4) is 0 Å². The summed E-state index contributed by atoms with van der Waals surface area (Å²) in [4.78, 5) is 18.6. The lowest BCUT2D eigenvalue weighted by molar-refractivity contribution is -0.0133. The molecular weight excluding hydrogens is 298 g/mol. The zero-order valence-corrected chi connectivity index (χ0v) is 13.5. The number of thiophene rings is 1. The highest BCUT2D eigenvalue weighted by atomic mass is 32.1. The molecule has 1 aliphatic rings. The van der Waals surface area contributed by atoms with E-state index in [4.69, 9.17) is 4.74 Å². The van der Waals surface area contributed by atoms with Gasteiger partial charge in [0.1, 0.15) is 11.9 Å². The zero-order valence-electron chi connectivity index (χ0n) is 12.7. The van der Waals surface area contributed by atoms with E-state index in [2.05, 4.69) is 15.7 Å². The average molecular weight is 317 g/mol. The number of carbonyl (C=O) groups is 1. The van der Waals surface area contributed by atoms with Crippen LogP contribution in [0.15, 0.2) is 29.0 Å². The highest BCUT2D eigenvalue weighted by Crippen LogP contribution is 2.24.